The zero-order valence-electron chi connectivity index (χ0n) is 7.62. The van der Waals surface area contributed by atoms with Crippen molar-refractivity contribution >= 4 is 17.1 Å². The summed E-state index contributed by atoms with van der Waals surface area (Å²) in [6.45, 7) is 0. The molecule has 2 nitrogen and oxygen atoms in total. The van der Waals surface area contributed by atoms with Crippen LogP contribution < -0.4 is 0 Å². The number of nitrogens with zero attached hydrogens (tertiary/aromatic N) is 1. The lowest BCUT2D eigenvalue weighted by atomic mass is 10.1. The van der Waals surface area contributed by atoms with Crippen LogP contribution in [-0.4, -0.2) is 11.3 Å². The lowest BCUT2D eigenvalue weighted by Crippen LogP contribution is -1.89. The van der Waals surface area contributed by atoms with E-state index in [0.717, 1.165) is 6.07 Å². The molecule has 0 aliphatic heterocycles. The predicted molar refractivity (Wildman–Crippen MR) is 47.1 cm³/mol. The summed E-state index contributed by atoms with van der Waals surface area (Å²) in [4.78, 5) is 14.5. The van der Waals surface area contributed by atoms with E-state index in [9.17, 15) is 9.18 Å². The van der Waals surface area contributed by atoms with E-state index < -0.39 is 5.82 Å². The van der Waals surface area contributed by atoms with Crippen LogP contribution in [0.4, 0.5) is 4.39 Å². The molecule has 0 unspecified atom stereocenters. The molecule has 1 aromatic carbocycles. The van der Waals surface area contributed by atoms with Gasteiger partial charge in [-0.3, -0.25) is 9.78 Å². The molecule has 1 aromatic heterocycles. The van der Waals surface area contributed by atoms with Gasteiger partial charge in [0, 0.05) is 17.8 Å². The number of aldehydes is 1. The Balaban J connectivity index is 2.97. The van der Waals surface area contributed by atoms with Gasteiger partial charge >= 0.3 is 0 Å². The van der Waals surface area contributed by atoms with Crippen molar-refractivity contribution in [3.63, 3.8) is 0 Å². The number of fused-ring (bicyclic) bond motifs is 1. The average molecular weight is 176 g/mol. The van der Waals surface area contributed by atoms with Gasteiger partial charge in [-0.15, -0.1) is 0 Å². The van der Waals surface area contributed by atoms with E-state index in [0.29, 0.717) is 17.1 Å². The molecule has 0 bridgehead atoms. The number of halogens is 1. The molecule has 3 heteroatoms. The monoisotopic (exact) mass is 176 g/mol. The number of hydrogen-bond acceptors (Lipinski definition) is 2. The van der Waals surface area contributed by atoms with Crippen molar-refractivity contribution in [1.29, 1.82) is 0 Å². The molecule has 2 rings (SSSR count). The fourth-order valence-electron chi connectivity index (χ4n) is 1.21. The van der Waals surface area contributed by atoms with Gasteiger partial charge in [0.1, 0.15) is 5.82 Å². The van der Waals surface area contributed by atoms with Crippen LogP contribution in [-0.2, 0) is 0 Å². The van der Waals surface area contributed by atoms with Gasteiger partial charge in [0.05, 0.1) is 6.93 Å². The Morgan fingerprint density at radius 3 is 3.15 bits per heavy atom. The van der Waals surface area contributed by atoms with Gasteiger partial charge in [0.2, 0.25) is 0 Å². The molecule has 0 atom stereocenters. The summed E-state index contributed by atoms with van der Waals surface area (Å²) in [5.41, 5.74) is -0.0154. The quantitative estimate of drug-likeness (QED) is 0.623. The van der Waals surface area contributed by atoms with E-state index in [1.807, 2.05) is 0 Å². The number of hydrogen-bond donors (Lipinski definition) is 0. The fourth-order valence-corrected chi connectivity index (χ4v) is 1.21. The summed E-state index contributed by atoms with van der Waals surface area (Å²) in [6, 6.07) is 2.59. The molecule has 0 saturated heterocycles. The van der Waals surface area contributed by atoms with Gasteiger partial charge in [-0.2, -0.15) is 0 Å². The van der Waals surface area contributed by atoms with E-state index >= 15 is 0 Å². The van der Waals surface area contributed by atoms with Gasteiger partial charge in [0.25, 0.3) is 0 Å². The minimum atomic E-state index is -0.663. The van der Waals surface area contributed by atoms with Crippen molar-refractivity contribution in [2.75, 3.05) is 0 Å². The first kappa shape index (κ1) is 6.71. The zero-order valence-corrected chi connectivity index (χ0v) is 6.62. The molecule has 13 heavy (non-hydrogen) atoms. The molecule has 0 radical (unpaired) electrons. The van der Waals surface area contributed by atoms with E-state index in [4.69, 9.17) is 1.37 Å². The highest BCUT2D eigenvalue weighted by Crippen LogP contribution is 2.18. The Labute approximate surface area is 75.4 Å². The van der Waals surface area contributed by atoms with Crippen molar-refractivity contribution in [3.05, 3.63) is 41.9 Å². The smallest absolute Gasteiger partial charge is 0.153 e. The largest absolute Gasteiger partial charge is 0.298 e. The molecule has 0 amide bonds. The second-order valence-corrected chi connectivity index (χ2v) is 2.59. The lowest BCUT2D eigenvalue weighted by Gasteiger charge is -2.00. The summed E-state index contributed by atoms with van der Waals surface area (Å²) in [6.07, 6.45) is 3.37. The van der Waals surface area contributed by atoms with E-state index in [1.54, 1.807) is 0 Å². The Morgan fingerprint density at radius 2 is 2.38 bits per heavy atom. The first-order valence-electron chi connectivity index (χ1n) is 4.22. The Hall–Kier alpha value is -1.77. The van der Waals surface area contributed by atoms with Crippen molar-refractivity contribution < 1.29 is 10.6 Å². The second kappa shape index (κ2) is 2.94. The highest BCUT2D eigenvalue weighted by Gasteiger charge is 2.05. The van der Waals surface area contributed by atoms with Crippen molar-refractivity contribution in [2.45, 2.75) is 0 Å². The maximum absolute atomic E-state index is 13.2. The molecule has 0 aliphatic carbocycles. The molecule has 1 heterocycles. The molecule has 64 valence electrons. The molecular formula is C10H6FNO. The van der Waals surface area contributed by atoms with Crippen LogP contribution in [0.1, 0.15) is 11.7 Å². The Kier molecular flexibility index (Phi) is 1.52. The number of pyridine rings is 1. The van der Waals surface area contributed by atoms with Crippen LogP contribution in [0.15, 0.2) is 30.6 Å². The molecule has 0 spiro atoms. The fraction of sp³-hybridized carbons (Fsp3) is 0. The van der Waals surface area contributed by atoms with Crippen LogP contribution in [0.5, 0.6) is 0 Å². The third-order valence-electron chi connectivity index (χ3n) is 1.84. The maximum atomic E-state index is 13.2. The first-order chi connectivity index (χ1) is 6.74. The van der Waals surface area contributed by atoms with Crippen molar-refractivity contribution in [1.82, 2.24) is 4.98 Å². The Morgan fingerprint density at radius 1 is 1.54 bits per heavy atom. The maximum Gasteiger partial charge on any atom is 0.153 e. The van der Waals surface area contributed by atoms with Gasteiger partial charge in [-0.1, -0.05) is 0 Å². The van der Waals surface area contributed by atoms with Crippen molar-refractivity contribution in [2.24, 2.45) is 0 Å². The van der Waals surface area contributed by atoms with Crippen LogP contribution >= 0.6 is 0 Å². The number of rotatable bonds is 1. The summed E-state index contributed by atoms with van der Waals surface area (Å²) >= 11 is 0. The predicted octanol–water partition coefficient (Wildman–Crippen LogP) is 2.19. The van der Waals surface area contributed by atoms with Crippen LogP contribution in [0.3, 0.4) is 0 Å². The zero-order chi connectivity index (χ0) is 10.1. The van der Waals surface area contributed by atoms with E-state index in [1.165, 1.54) is 18.5 Å². The van der Waals surface area contributed by atoms with Crippen molar-refractivity contribution in [3.8, 4) is 0 Å². The minimum Gasteiger partial charge on any atom is -0.298 e. The molecule has 0 N–H and O–H groups in total. The topological polar surface area (TPSA) is 30.0 Å². The minimum absolute atomic E-state index is 0.0154. The molecular weight excluding hydrogens is 169 g/mol. The highest BCUT2D eigenvalue weighted by atomic mass is 19.1. The normalized spacial score (nSPS) is 11.3. The first-order valence-corrected chi connectivity index (χ1v) is 3.72. The average Bonchev–Trinajstić information content (AvgIpc) is 2.18. The van der Waals surface area contributed by atoms with E-state index in [-0.39, 0.29) is 11.6 Å². The van der Waals surface area contributed by atoms with E-state index in [2.05, 4.69) is 4.98 Å². The lowest BCUT2D eigenvalue weighted by molar-refractivity contribution is 0.112. The van der Waals surface area contributed by atoms with Crippen LogP contribution in [0.2, 0.25) is 0 Å². The summed E-state index contributed by atoms with van der Waals surface area (Å²) in [5.74, 6) is -0.663. The summed E-state index contributed by atoms with van der Waals surface area (Å²) < 4.78 is 20.7. The van der Waals surface area contributed by atoms with Crippen LogP contribution in [0.25, 0.3) is 10.8 Å². The van der Waals surface area contributed by atoms with Gasteiger partial charge < -0.3 is 0 Å². The standard InChI is InChI=1S/C10H6FNO/c11-10-2-1-7-5-12-4-3-8(7)9(10)6-13/h1-6H/i1D. The molecule has 0 saturated carbocycles. The molecule has 0 aliphatic rings. The second-order valence-electron chi connectivity index (χ2n) is 2.59. The molecule has 0 fully saturated rings. The molecule has 2 aromatic rings. The van der Waals surface area contributed by atoms with Gasteiger partial charge in [0.15, 0.2) is 6.29 Å². The third kappa shape index (κ3) is 1.18. The van der Waals surface area contributed by atoms with Crippen LogP contribution in [0, 0.1) is 5.82 Å². The van der Waals surface area contributed by atoms with Gasteiger partial charge in [-0.05, 0) is 23.6 Å². The number of benzene rings is 1. The number of carbonyl (C=O) groups excluding carboxylic acids is 1. The van der Waals surface area contributed by atoms with Gasteiger partial charge in [-0.25, -0.2) is 4.39 Å². The third-order valence-corrected chi connectivity index (χ3v) is 1.84. The SMILES string of the molecule is [2H]c1cc(F)c(C=O)c2ccncc12. The number of carbonyl (C=O) groups is 1. The number of aromatic nitrogens is 1. The Bertz CT molecular complexity index is 513. The summed E-state index contributed by atoms with van der Waals surface area (Å²) in [5, 5.41) is 0.913. The summed E-state index contributed by atoms with van der Waals surface area (Å²) in [7, 11) is 0. The highest BCUT2D eigenvalue weighted by molar-refractivity contribution is 5.97.